The summed E-state index contributed by atoms with van der Waals surface area (Å²) in [6.45, 7) is 10.6. The molecule has 1 rings (SSSR count). The molecule has 3 N–H and O–H groups in total. The van der Waals surface area contributed by atoms with Crippen LogP contribution < -0.4 is 11.3 Å². The lowest BCUT2D eigenvalue weighted by molar-refractivity contribution is 0.282. The summed E-state index contributed by atoms with van der Waals surface area (Å²) in [5.41, 5.74) is 4.05. The van der Waals surface area contributed by atoms with Crippen molar-refractivity contribution in [3.8, 4) is 0 Å². The summed E-state index contributed by atoms with van der Waals surface area (Å²) >= 11 is 0. The van der Waals surface area contributed by atoms with Gasteiger partial charge in [0.1, 0.15) is 0 Å². The van der Waals surface area contributed by atoms with E-state index in [1.807, 2.05) is 10.9 Å². The number of nitrogens with two attached hydrogens (primary N) is 1. The highest BCUT2D eigenvalue weighted by Crippen LogP contribution is 2.15. The molecule has 0 aliphatic heterocycles. The molecule has 1 heterocycles. The summed E-state index contributed by atoms with van der Waals surface area (Å²) in [5, 5.41) is 4.28. The molecule has 0 aromatic carbocycles. The van der Waals surface area contributed by atoms with E-state index in [0.29, 0.717) is 0 Å². The van der Waals surface area contributed by atoms with E-state index in [1.165, 1.54) is 5.56 Å². The summed E-state index contributed by atoms with van der Waals surface area (Å²) in [4.78, 5) is 2.40. The van der Waals surface area contributed by atoms with Crippen molar-refractivity contribution in [3.63, 3.8) is 0 Å². The van der Waals surface area contributed by atoms with Gasteiger partial charge in [0.15, 0.2) is 0 Å². The molecule has 0 bridgehead atoms. The van der Waals surface area contributed by atoms with Gasteiger partial charge in [-0.15, -0.1) is 0 Å². The van der Waals surface area contributed by atoms with Gasteiger partial charge in [0, 0.05) is 18.3 Å². The van der Waals surface area contributed by atoms with E-state index in [9.17, 15) is 0 Å². The lowest BCUT2D eigenvalue weighted by atomic mass is 10.1. The van der Waals surface area contributed by atoms with Crippen LogP contribution in [0, 0.1) is 0 Å². The molecule has 0 radical (unpaired) electrons. The first-order valence-corrected chi connectivity index (χ1v) is 6.45. The highest BCUT2D eigenvalue weighted by Gasteiger charge is 2.12. The van der Waals surface area contributed by atoms with Crippen molar-refractivity contribution in [3.05, 3.63) is 18.0 Å². The van der Waals surface area contributed by atoms with E-state index >= 15 is 0 Å². The van der Waals surface area contributed by atoms with E-state index < -0.39 is 0 Å². The van der Waals surface area contributed by atoms with Crippen LogP contribution in [0.4, 0.5) is 0 Å². The topological polar surface area (TPSA) is 59.1 Å². The molecule has 1 aromatic rings. The Bertz CT molecular complexity index is 306. The monoisotopic (exact) mass is 239 g/mol. The molecule has 5 heteroatoms. The fourth-order valence-electron chi connectivity index (χ4n) is 1.93. The molecule has 1 atom stereocenters. The summed E-state index contributed by atoms with van der Waals surface area (Å²) in [5.74, 6) is 5.62. The number of hydrogen-bond acceptors (Lipinski definition) is 4. The first-order valence-electron chi connectivity index (χ1n) is 6.45. The van der Waals surface area contributed by atoms with Crippen LogP contribution in [-0.4, -0.2) is 34.3 Å². The van der Waals surface area contributed by atoms with Gasteiger partial charge in [-0.05, 0) is 33.0 Å². The minimum atomic E-state index is 0.191. The Hall–Kier alpha value is -0.910. The van der Waals surface area contributed by atoms with Gasteiger partial charge < -0.3 is 4.90 Å². The third-order valence-electron chi connectivity index (χ3n) is 3.21. The number of rotatable bonds is 8. The lowest BCUT2D eigenvalue weighted by Gasteiger charge is -2.21. The highest BCUT2D eigenvalue weighted by atomic mass is 15.3. The van der Waals surface area contributed by atoms with E-state index in [4.69, 9.17) is 5.84 Å². The maximum Gasteiger partial charge on any atom is 0.0538 e. The van der Waals surface area contributed by atoms with Crippen molar-refractivity contribution in [1.29, 1.82) is 0 Å². The second kappa shape index (κ2) is 7.42. The molecular weight excluding hydrogens is 214 g/mol. The van der Waals surface area contributed by atoms with Gasteiger partial charge in [-0.2, -0.15) is 5.10 Å². The molecule has 1 unspecified atom stereocenters. The fraction of sp³-hybridized carbons (Fsp3) is 0.750. The molecule has 98 valence electrons. The Morgan fingerprint density at radius 2 is 2.12 bits per heavy atom. The Morgan fingerprint density at radius 3 is 2.59 bits per heavy atom. The van der Waals surface area contributed by atoms with E-state index in [-0.39, 0.29) is 6.04 Å². The van der Waals surface area contributed by atoms with Gasteiger partial charge in [0.05, 0.1) is 12.2 Å². The van der Waals surface area contributed by atoms with Crippen LogP contribution in [-0.2, 0) is 6.54 Å². The molecule has 1 aromatic heterocycles. The van der Waals surface area contributed by atoms with Crippen LogP contribution in [0.3, 0.4) is 0 Å². The Kier molecular flexibility index (Phi) is 6.18. The third kappa shape index (κ3) is 4.11. The van der Waals surface area contributed by atoms with Gasteiger partial charge in [-0.3, -0.25) is 16.0 Å². The first kappa shape index (κ1) is 14.2. The smallest absolute Gasteiger partial charge is 0.0538 e. The molecule has 0 aliphatic rings. The van der Waals surface area contributed by atoms with Crippen LogP contribution in [0.15, 0.2) is 12.4 Å². The maximum atomic E-state index is 5.62. The zero-order chi connectivity index (χ0) is 12.7. The van der Waals surface area contributed by atoms with Gasteiger partial charge in [0.25, 0.3) is 0 Å². The van der Waals surface area contributed by atoms with Gasteiger partial charge in [0.2, 0.25) is 0 Å². The standard InChI is InChI=1S/C12H25N5/c1-4-16(5-2)8-7-12(15-13)11-9-14-17(6-3)10-11/h9-10,12,15H,4-8,13H2,1-3H3. The van der Waals surface area contributed by atoms with E-state index in [0.717, 1.165) is 32.6 Å². The minimum absolute atomic E-state index is 0.191. The molecule has 17 heavy (non-hydrogen) atoms. The first-order chi connectivity index (χ1) is 8.24. The molecule has 0 saturated carbocycles. The number of aryl methyl sites for hydroxylation is 1. The molecule has 0 amide bonds. The maximum absolute atomic E-state index is 5.62. The number of nitrogens with one attached hydrogen (secondary N) is 1. The minimum Gasteiger partial charge on any atom is -0.304 e. The van der Waals surface area contributed by atoms with Crippen molar-refractivity contribution in [1.82, 2.24) is 20.1 Å². The predicted molar refractivity (Wildman–Crippen MR) is 70.4 cm³/mol. The zero-order valence-electron chi connectivity index (χ0n) is 11.2. The summed E-state index contributed by atoms with van der Waals surface area (Å²) in [7, 11) is 0. The zero-order valence-corrected chi connectivity index (χ0v) is 11.2. The number of hydrogen-bond donors (Lipinski definition) is 2. The van der Waals surface area contributed by atoms with Crippen LogP contribution in [0.1, 0.15) is 38.8 Å². The largest absolute Gasteiger partial charge is 0.304 e. The normalized spacial score (nSPS) is 13.2. The summed E-state index contributed by atoms with van der Waals surface area (Å²) in [6.07, 6.45) is 4.97. The predicted octanol–water partition coefficient (Wildman–Crippen LogP) is 1.14. The third-order valence-corrected chi connectivity index (χ3v) is 3.21. The van der Waals surface area contributed by atoms with Gasteiger partial charge in [-0.25, -0.2) is 0 Å². The molecular formula is C12H25N5. The molecule has 0 spiro atoms. The van der Waals surface area contributed by atoms with E-state index in [1.54, 1.807) is 0 Å². The summed E-state index contributed by atoms with van der Waals surface area (Å²) in [6, 6.07) is 0.191. The quantitative estimate of drug-likeness (QED) is 0.527. The molecule has 5 nitrogen and oxygen atoms in total. The second-order valence-electron chi connectivity index (χ2n) is 4.16. The highest BCUT2D eigenvalue weighted by molar-refractivity contribution is 5.10. The molecule has 0 fully saturated rings. The van der Waals surface area contributed by atoms with Crippen molar-refractivity contribution >= 4 is 0 Å². The number of aromatic nitrogens is 2. The van der Waals surface area contributed by atoms with Gasteiger partial charge in [-0.1, -0.05) is 13.8 Å². The van der Waals surface area contributed by atoms with Crippen LogP contribution in [0.2, 0.25) is 0 Å². The average Bonchev–Trinajstić information content (AvgIpc) is 2.83. The van der Waals surface area contributed by atoms with Crippen molar-refractivity contribution in [2.45, 2.75) is 39.8 Å². The van der Waals surface area contributed by atoms with Crippen molar-refractivity contribution in [2.75, 3.05) is 19.6 Å². The molecule has 0 aliphatic carbocycles. The summed E-state index contributed by atoms with van der Waals surface area (Å²) < 4.78 is 1.93. The Labute approximate surface area is 104 Å². The average molecular weight is 239 g/mol. The Morgan fingerprint density at radius 1 is 1.41 bits per heavy atom. The van der Waals surface area contributed by atoms with Crippen LogP contribution >= 0.6 is 0 Å². The van der Waals surface area contributed by atoms with E-state index in [2.05, 4.69) is 42.4 Å². The van der Waals surface area contributed by atoms with Gasteiger partial charge >= 0.3 is 0 Å². The van der Waals surface area contributed by atoms with Crippen molar-refractivity contribution in [2.24, 2.45) is 5.84 Å². The van der Waals surface area contributed by atoms with Crippen LogP contribution in [0.25, 0.3) is 0 Å². The second-order valence-corrected chi connectivity index (χ2v) is 4.16. The number of hydrazine groups is 1. The molecule has 0 saturated heterocycles. The SMILES string of the molecule is CCN(CC)CCC(NN)c1cnn(CC)c1. The lowest BCUT2D eigenvalue weighted by Crippen LogP contribution is -2.32. The van der Waals surface area contributed by atoms with Crippen LogP contribution in [0.5, 0.6) is 0 Å². The Balaban J connectivity index is 2.53. The van der Waals surface area contributed by atoms with Crippen molar-refractivity contribution < 1.29 is 0 Å². The fourth-order valence-corrected chi connectivity index (χ4v) is 1.93. The number of nitrogens with zero attached hydrogens (tertiary/aromatic N) is 3.